The number of aromatic nitrogens is 1. The smallest absolute Gasteiger partial charge is 0.258 e. The minimum atomic E-state index is -0.316. The number of alkyl halides is 1. The molecule has 0 N–H and O–H groups in total. The minimum absolute atomic E-state index is 0.131. The third-order valence-electron chi connectivity index (χ3n) is 3.74. The first kappa shape index (κ1) is 15.1. The van der Waals surface area contributed by atoms with Crippen LogP contribution in [0.5, 0.6) is 0 Å². The van der Waals surface area contributed by atoms with Gasteiger partial charge in [0.2, 0.25) is 0 Å². The van der Waals surface area contributed by atoms with Crippen LogP contribution in [0.15, 0.2) is 47.3 Å². The molecular formula is C17H12Cl2FNO. The van der Waals surface area contributed by atoms with Gasteiger partial charge < -0.3 is 4.57 Å². The monoisotopic (exact) mass is 335 g/mol. The predicted molar refractivity (Wildman–Crippen MR) is 89.2 cm³/mol. The van der Waals surface area contributed by atoms with Gasteiger partial charge in [0.15, 0.2) is 0 Å². The fourth-order valence-corrected chi connectivity index (χ4v) is 3.12. The molecule has 0 saturated carbocycles. The van der Waals surface area contributed by atoms with E-state index in [1.54, 1.807) is 37.4 Å². The molecule has 2 nitrogen and oxygen atoms in total. The minimum Gasteiger partial charge on any atom is -0.313 e. The van der Waals surface area contributed by atoms with Crippen LogP contribution in [-0.4, -0.2) is 4.57 Å². The van der Waals surface area contributed by atoms with Gasteiger partial charge in [0.1, 0.15) is 5.82 Å². The molecule has 0 atom stereocenters. The highest BCUT2D eigenvalue weighted by molar-refractivity contribution is 6.31. The van der Waals surface area contributed by atoms with E-state index < -0.39 is 0 Å². The molecule has 1 aromatic heterocycles. The molecule has 0 amide bonds. The number of pyridine rings is 1. The third-order valence-corrected chi connectivity index (χ3v) is 4.23. The second-order valence-electron chi connectivity index (χ2n) is 5.02. The van der Waals surface area contributed by atoms with Crippen LogP contribution in [0, 0.1) is 5.82 Å². The van der Waals surface area contributed by atoms with Gasteiger partial charge >= 0.3 is 0 Å². The van der Waals surface area contributed by atoms with Crippen LogP contribution in [0.4, 0.5) is 4.39 Å². The molecule has 112 valence electrons. The van der Waals surface area contributed by atoms with Crippen LogP contribution >= 0.6 is 23.2 Å². The molecule has 0 aliphatic rings. The molecule has 1 heterocycles. The van der Waals surface area contributed by atoms with Crippen molar-refractivity contribution in [1.82, 2.24) is 4.57 Å². The summed E-state index contributed by atoms with van der Waals surface area (Å²) in [6, 6.07) is 11.2. The summed E-state index contributed by atoms with van der Waals surface area (Å²) >= 11 is 12.2. The first-order chi connectivity index (χ1) is 10.5. The molecule has 0 radical (unpaired) electrons. The summed E-state index contributed by atoms with van der Waals surface area (Å²) in [5.74, 6) is -0.149. The van der Waals surface area contributed by atoms with Crippen molar-refractivity contribution >= 4 is 34.0 Å². The number of halogens is 3. The van der Waals surface area contributed by atoms with E-state index in [1.165, 1.54) is 16.7 Å². The Morgan fingerprint density at radius 1 is 1.09 bits per heavy atom. The summed E-state index contributed by atoms with van der Waals surface area (Å²) in [6.07, 6.45) is 0. The van der Waals surface area contributed by atoms with E-state index in [9.17, 15) is 9.18 Å². The molecule has 0 spiro atoms. The van der Waals surface area contributed by atoms with E-state index in [4.69, 9.17) is 23.2 Å². The Morgan fingerprint density at radius 3 is 2.41 bits per heavy atom. The van der Waals surface area contributed by atoms with Gasteiger partial charge in [-0.3, -0.25) is 4.79 Å². The highest BCUT2D eigenvalue weighted by atomic mass is 35.5. The van der Waals surface area contributed by atoms with E-state index in [-0.39, 0.29) is 17.3 Å². The predicted octanol–water partition coefficient (Wildman–Crippen LogP) is 4.74. The van der Waals surface area contributed by atoms with Gasteiger partial charge in [-0.25, -0.2) is 4.39 Å². The van der Waals surface area contributed by atoms with Crippen LogP contribution in [0.1, 0.15) is 5.69 Å². The summed E-state index contributed by atoms with van der Waals surface area (Å²) < 4.78 is 14.7. The summed E-state index contributed by atoms with van der Waals surface area (Å²) in [7, 11) is 1.68. The zero-order valence-corrected chi connectivity index (χ0v) is 13.2. The first-order valence-corrected chi connectivity index (χ1v) is 7.57. The molecule has 5 heteroatoms. The largest absolute Gasteiger partial charge is 0.313 e. The van der Waals surface area contributed by atoms with Crippen molar-refractivity contribution in [1.29, 1.82) is 0 Å². The van der Waals surface area contributed by atoms with E-state index in [1.807, 2.05) is 0 Å². The Morgan fingerprint density at radius 2 is 1.77 bits per heavy atom. The molecule has 22 heavy (non-hydrogen) atoms. The van der Waals surface area contributed by atoms with Crippen molar-refractivity contribution in [3.05, 3.63) is 69.4 Å². The summed E-state index contributed by atoms with van der Waals surface area (Å²) in [4.78, 5) is 12.5. The van der Waals surface area contributed by atoms with Gasteiger partial charge in [-0.2, -0.15) is 0 Å². The molecule has 0 bridgehead atoms. The Hall–Kier alpha value is -1.84. The molecular weight excluding hydrogens is 324 g/mol. The molecule has 2 aromatic carbocycles. The lowest BCUT2D eigenvalue weighted by atomic mass is 9.97. The van der Waals surface area contributed by atoms with Crippen molar-refractivity contribution in [2.45, 2.75) is 5.88 Å². The average molecular weight is 336 g/mol. The average Bonchev–Trinajstić information content (AvgIpc) is 2.51. The van der Waals surface area contributed by atoms with Crippen LogP contribution in [-0.2, 0) is 12.9 Å². The first-order valence-electron chi connectivity index (χ1n) is 6.66. The quantitative estimate of drug-likeness (QED) is 0.620. The maximum Gasteiger partial charge on any atom is 0.258 e. The van der Waals surface area contributed by atoms with E-state index in [0.717, 1.165) is 16.5 Å². The summed E-state index contributed by atoms with van der Waals surface area (Å²) in [5.41, 5.74) is 2.13. The van der Waals surface area contributed by atoms with Crippen LogP contribution in [0.25, 0.3) is 21.9 Å². The molecule has 0 fully saturated rings. The molecule has 0 aliphatic heterocycles. The molecule has 0 aliphatic carbocycles. The van der Waals surface area contributed by atoms with Gasteiger partial charge in [-0.05, 0) is 41.3 Å². The zero-order chi connectivity index (χ0) is 15.9. The number of nitrogens with zero attached hydrogens (tertiary/aromatic N) is 1. The van der Waals surface area contributed by atoms with Gasteiger partial charge in [0, 0.05) is 28.7 Å². The number of rotatable bonds is 2. The second-order valence-corrected chi connectivity index (χ2v) is 5.72. The van der Waals surface area contributed by atoms with Crippen molar-refractivity contribution < 1.29 is 4.39 Å². The second kappa shape index (κ2) is 5.75. The lowest BCUT2D eigenvalue weighted by Crippen LogP contribution is -2.21. The third kappa shape index (κ3) is 2.40. The van der Waals surface area contributed by atoms with Gasteiger partial charge in [0.05, 0.1) is 5.88 Å². The Balaban J connectivity index is 2.50. The zero-order valence-electron chi connectivity index (χ0n) is 11.7. The van der Waals surface area contributed by atoms with Gasteiger partial charge in [-0.1, -0.05) is 23.7 Å². The lowest BCUT2D eigenvalue weighted by molar-refractivity contribution is 0.628. The summed E-state index contributed by atoms with van der Waals surface area (Å²) in [6.45, 7) is 0. The highest BCUT2D eigenvalue weighted by Gasteiger charge is 2.16. The molecule has 3 aromatic rings. The molecule has 0 unspecified atom stereocenters. The van der Waals surface area contributed by atoms with Crippen LogP contribution in [0.2, 0.25) is 5.02 Å². The van der Waals surface area contributed by atoms with Gasteiger partial charge in [0.25, 0.3) is 5.56 Å². The van der Waals surface area contributed by atoms with Crippen molar-refractivity contribution in [3.63, 3.8) is 0 Å². The number of hydrogen-bond acceptors (Lipinski definition) is 1. The maximum atomic E-state index is 13.2. The number of fused-ring (bicyclic) bond motifs is 1. The lowest BCUT2D eigenvalue weighted by Gasteiger charge is -2.16. The summed E-state index contributed by atoms with van der Waals surface area (Å²) in [5, 5.41) is 1.81. The van der Waals surface area contributed by atoms with E-state index in [0.29, 0.717) is 16.1 Å². The number of benzene rings is 2. The Kier molecular flexibility index (Phi) is 3.94. The SMILES string of the molecule is Cn1c(CCl)c(-c2ccc(F)cc2)c2cc(Cl)ccc2c1=O. The van der Waals surface area contributed by atoms with Crippen molar-refractivity contribution in [2.24, 2.45) is 7.05 Å². The van der Waals surface area contributed by atoms with Crippen LogP contribution < -0.4 is 5.56 Å². The van der Waals surface area contributed by atoms with Crippen LogP contribution in [0.3, 0.4) is 0 Å². The maximum absolute atomic E-state index is 13.2. The molecule has 3 rings (SSSR count). The highest BCUT2D eigenvalue weighted by Crippen LogP contribution is 2.32. The van der Waals surface area contributed by atoms with Crippen molar-refractivity contribution in [3.8, 4) is 11.1 Å². The van der Waals surface area contributed by atoms with Crippen molar-refractivity contribution in [2.75, 3.05) is 0 Å². The Bertz CT molecular complexity index is 917. The normalized spacial score (nSPS) is 11.1. The topological polar surface area (TPSA) is 22.0 Å². The molecule has 0 saturated heterocycles. The number of hydrogen-bond donors (Lipinski definition) is 0. The Labute approximate surface area is 136 Å². The fraction of sp³-hybridized carbons (Fsp3) is 0.118. The van der Waals surface area contributed by atoms with E-state index in [2.05, 4.69) is 0 Å². The standard InChI is InChI=1S/C17H12Cl2FNO/c1-21-15(9-18)16(10-2-5-12(20)6-3-10)14-8-11(19)4-7-13(14)17(21)22/h2-8H,9H2,1H3. The van der Waals surface area contributed by atoms with E-state index >= 15 is 0 Å². The fourth-order valence-electron chi connectivity index (χ4n) is 2.63. The van der Waals surface area contributed by atoms with Gasteiger partial charge in [-0.15, -0.1) is 11.6 Å².